The normalized spacial score (nSPS) is 43.1. The van der Waals surface area contributed by atoms with Crippen molar-refractivity contribution in [2.24, 2.45) is 28.6 Å². The third-order valence-corrected chi connectivity index (χ3v) is 7.02. The summed E-state index contributed by atoms with van der Waals surface area (Å²) in [5, 5.41) is 0. The van der Waals surface area contributed by atoms with Gasteiger partial charge in [0.2, 0.25) is 0 Å². The molecule has 0 aromatic rings. The van der Waals surface area contributed by atoms with Crippen molar-refractivity contribution < 1.29 is 14.3 Å². The van der Waals surface area contributed by atoms with Crippen LogP contribution in [0.3, 0.4) is 0 Å². The monoisotopic (exact) mass is 318 g/mol. The first-order chi connectivity index (χ1) is 10.9. The Morgan fingerprint density at radius 2 is 1.91 bits per heavy atom. The minimum absolute atomic E-state index is 0.00375. The molecular weight excluding hydrogens is 288 g/mol. The first-order valence-electron chi connectivity index (χ1n) is 9.09. The van der Waals surface area contributed by atoms with Crippen molar-refractivity contribution in [3.63, 3.8) is 0 Å². The second kappa shape index (κ2) is 5.84. The van der Waals surface area contributed by atoms with Gasteiger partial charge < -0.3 is 14.3 Å². The van der Waals surface area contributed by atoms with Gasteiger partial charge in [-0.25, -0.2) is 0 Å². The van der Waals surface area contributed by atoms with Crippen LogP contribution in [-0.2, 0) is 14.3 Å². The molecule has 1 saturated heterocycles. The molecule has 1 spiro atoms. The molecule has 0 bridgehead atoms. The number of fused-ring (bicyclic) bond motifs is 1. The van der Waals surface area contributed by atoms with E-state index in [0.29, 0.717) is 17.3 Å². The third-order valence-electron chi connectivity index (χ3n) is 7.02. The quantitative estimate of drug-likeness (QED) is 0.438. The highest BCUT2D eigenvalue weighted by Gasteiger charge is 2.64. The SMILES string of the molecule is CC1(C)CCC[C@@]2(C)C1CC[C@@]1(CO1)[C@@H]2/C=C\C(C=O)CC=O. The molecule has 3 nitrogen and oxygen atoms in total. The molecule has 3 fully saturated rings. The fraction of sp³-hybridized carbons (Fsp3) is 0.800. The van der Waals surface area contributed by atoms with Crippen molar-refractivity contribution in [2.45, 2.75) is 64.9 Å². The lowest BCUT2D eigenvalue weighted by atomic mass is 9.46. The maximum atomic E-state index is 11.2. The van der Waals surface area contributed by atoms with Crippen molar-refractivity contribution in [1.82, 2.24) is 0 Å². The van der Waals surface area contributed by atoms with Crippen LogP contribution in [0.4, 0.5) is 0 Å². The summed E-state index contributed by atoms with van der Waals surface area (Å²) in [6.07, 6.45) is 12.4. The summed E-state index contributed by atoms with van der Waals surface area (Å²) in [5.41, 5.74) is 0.619. The number of hydrogen-bond donors (Lipinski definition) is 0. The van der Waals surface area contributed by atoms with E-state index in [1.165, 1.54) is 25.7 Å². The minimum atomic E-state index is -0.288. The average Bonchev–Trinajstić information content (AvgIpc) is 3.24. The van der Waals surface area contributed by atoms with E-state index in [2.05, 4.69) is 26.8 Å². The van der Waals surface area contributed by atoms with Crippen molar-refractivity contribution in [3.8, 4) is 0 Å². The highest BCUT2D eigenvalue weighted by molar-refractivity contribution is 5.64. The topological polar surface area (TPSA) is 46.7 Å². The summed E-state index contributed by atoms with van der Waals surface area (Å²) in [4.78, 5) is 21.9. The number of rotatable bonds is 5. The van der Waals surface area contributed by atoms with Gasteiger partial charge >= 0.3 is 0 Å². The lowest BCUT2D eigenvalue weighted by Crippen LogP contribution is -2.54. The van der Waals surface area contributed by atoms with Gasteiger partial charge in [0.25, 0.3) is 0 Å². The number of ether oxygens (including phenoxy) is 1. The number of epoxide rings is 1. The van der Waals surface area contributed by atoms with Crippen molar-refractivity contribution in [3.05, 3.63) is 12.2 Å². The zero-order valence-electron chi connectivity index (χ0n) is 14.7. The molecule has 1 heterocycles. The highest BCUT2D eigenvalue weighted by Crippen LogP contribution is 2.65. The Morgan fingerprint density at radius 1 is 1.17 bits per heavy atom. The van der Waals surface area contributed by atoms with Crippen LogP contribution in [0.2, 0.25) is 0 Å². The Bertz CT molecular complexity index is 503. The van der Waals surface area contributed by atoms with E-state index in [-0.39, 0.29) is 23.4 Å². The Balaban J connectivity index is 1.89. The predicted molar refractivity (Wildman–Crippen MR) is 90.0 cm³/mol. The van der Waals surface area contributed by atoms with Crippen LogP contribution in [-0.4, -0.2) is 24.8 Å². The van der Waals surface area contributed by atoms with Crippen LogP contribution in [0.5, 0.6) is 0 Å². The number of carbonyl (C=O) groups excluding carboxylic acids is 2. The molecule has 3 aliphatic rings. The molecule has 0 aromatic carbocycles. The van der Waals surface area contributed by atoms with E-state index in [9.17, 15) is 9.59 Å². The molecule has 23 heavy (non-hydrogen) atoms. The summed E-state index contributed by atoms with van der Waals surface area (Å²) in [7, 11) is 0. The second-order valence-corrected chi connectivity index (χ2v) is 8.86. The van der Waals surface area contributed by atoms with Gasteiger partial charge in [-0.15, -0.1) is 0 Å². The number of allylic oxidation sites excluding steroid dienone is 1. The first kappa shape index (κ1) is 16.9. The summed E-state index contributed by atoms with van der Waals surface area (Å²) < 4.78 is 5.95. The molecule has 3 heteroatoms. The molecule has 5 atom stereocenters. The Labute approximate surface area is 139 Å². The van der Waals surface area contributed by atoms with Crippen LogP contribution < -0.4 is 0 Å². The van der Waals surface area contributed by atoms with Gasteiger partial charge in [-0.05, 0) is 42.4 Å². The van der Waals surface area contributed by atoms with Gasteiger partial charge in [-0.2, -0.15) is 0 Å². The zero-order valence-corrected chi connectivity index (χ0v) is 14.7. The fourth-order valence-corrected chi connectivity index (χ4v) is 5.76. The lowest BCUT2D eigenvalue weighted by molar-refractivity contribution is -0.114. The average molecular weight is 318 g/mol. The summed E-state index contributed by atoms with van der Waals surface area (Å²) in [6, 6.07) is 0. The van der Waals surface area contributed by atoms with Crippen LogP contribution in [0, 0.1) is 28.6 Å². The van der Waals surface area contributed by atoms with E-state index in [1.807, 2.05) is 6.08 Å². The van der Waals surface area contributed by atoms with Gasteiger partial charge in [0.1, 0.15) is 12.6 Å². The van der Waals surface area contributed by atoms with E-state index in [0.717, 1.165) is 25.6 Å². The lowest BCUT2D eigenvalue weighted by Gasteiger charge is -2.58. The predicted octanol–water partition coefficient (Wildman–Crippen LogP) is 3.96. The molecule has 128 valence electrons. The number of hydrogen-bond acceptors (Lipinski definition) is 3. The second-order valence-electron chi connectivity index (χ2n) is 8.86. The summed E-state index contributed by atoms with van der Waals surface area (Å²) >= 11 is 0. The van der Waals surface area contributed by atoms with Crippen LogP contribution in [0.15, 0.2) is 12.2 Å². The summed E-state index contributed by atoms with van der Waals surface area (Å²) in [5.74, 6) is 0.778. The maximum Gasteiger partial charge on any atom is 0.127 e. The summed E-state index contributed by atoms with van der Waals surface area (Å²) in [6.45, 7) is 8.13. The van der Waals surface area contributed by atoms with Crippen LogP contribution >= 0.6 is 0 Å². The molecule has 0 amide bonds. The zero-order chi connectivity index (χ0) is 16.7. The third kappa shape index (κ3) is 2.82. The molecule has 2 saturated carbocycles. The van der Waals surface area contributed by atoms with Crippen molar-refractivity contribution >= 4 is 12.6 Å². The van der Waals surface area contributed by atoms with Gasteiger partial charge in [0.15, 0.2) is 0 Å². The number of aldehydes is 2. The molecule has 0 N–H and O–H groups in total. The molecule has 2 aliphatic carbocycles. The van der Waals surface area contributed by atoms with E-state index in [4.69, 9.17) is 4.74 Å². The minimum Gasteiger partial charge on any atom is -0.369 e. The van der Waals surface area contributed by atoms with Gasteiger partial charge in [-0.3, -0.25) is 0 Å². The highest BCUT2D eigenvalue weighted by atomic mass is 16.6. The van der Waals surface area contributed by atoms with Crippen molar-refractivity contribution in [1.29, 1.82) is 0 Å². The molecular formula is C20H30O3. The first-order valence-corrected chi connectivity index (χ1v) is 9.09. The Hall–Kier alpha value is -0.960. The van der Waals surface area contributed by atoms with Gasteiger partial charge in [-0.1, -0.05) is 39.3 Å². The molecule has 0 radical (unpaired) electrons. The Morgan fingerprint density at radius 3 is 2.52 bits per heavy atom. The fourth-order valence-electron chi connectivity index (χ4n) is 5.76. The maximum absolute atomic E-state index is 11.2. The standard InChI is InChI=1S/C20H30O3/c1-18(2)9-4-10-19(3)16(18)7-11-20(14-23-20)17(19)6-5-15(13-22)8-12-21/h5-6,12-13,15-17H,4,7-11,14H2,1-3H3/b6-5-/t15?,16?,17-,19+,20-/m1/s1. The van der Waals surface area contributed by atoms with E-state index in [1.54, 1.807) is 0 Å². The van der Waals surface area contributed by atoms with Gasteiger partial charge in [0, 0.05) is 18.3 Å². The van der Waals surface area contributed by atoms with E-state index < -0.39 is 0 Å². The van der Waals surface area contributed by atoms with Crippen LogP contribution in [0.1, 0.15) is 59.3 Å². The van der Waals surface area contributed by atoms with Crippen molar-refractivity contribution in [2.75, 3.05) is 6.61 Å². The molecule has 2 unspecified atom stereocenters. The van der Waals surface area contributed by atoms with Crippen LogP contribution in [0.25, 0.3) is 0 Å². The van der Waals surface area contributed by atoms with Gasteiger partial charge in [0.05, 0.1) is 12.2 Å². The van der Waals surface area contributed by atoms with E-state index >= 15 is 0 Å². The molecule has 3 rings (SSSR count). The Kier molecular flexibility index (Phi) is 4.29. The molecule has 1 aliphatic heterocycles. The smallest absolute Gasteiger partial charge is 0.127 e. The largest absolute Gasteiger partial charge is 0.369 e. The molecule has 0 aromatic heterocycles. The number of carbonyl (C=O) groups is 2.